The maximum absolute atomic E-state index is 11.7. The van der Waals surface area contributed by atoms with Crippen LogP contribution < -0.4 is 10.2 Å². The molecule has 0 aromatic carbocycles. The second-order valence-corrected chi connectivity index (χ2v) is 5.05. The largest absolute Gasteiger partial charge is 0.352 e. The van der Waals surface area contributed by atoms with Crippen LogP contribution in [-0.2, 0) is 4.79 Å². The van der Waals surface area contributed by atoms with Gasteiger partial charge in [-0.05, 0) is 38.8 Å². The van der Waals surface area contributed by atoms with E-state index in [-0.39, 0.29) is 11.2 Å². The van der Waals surface area contributed by atoms with Crippen LogP contribution in [0.25, 0.3) is 0 Å². The second kappa shape index (κ2) is 5.10. The Morgan fingerprint density at radius 1 is 1.39 bits per heavy atom. The number of rotatable bonds is 1. The first-order valence-electron chi connectivity index (χ1n) is 6.09. The van der Waals surface area contributed by atoms with Gasteiger partial charge >= 0.3 is 0 Å². The van der Waals surface area contributed by atoms with Gasteiger partial charge in [0.1, 0.15) is 5.69 Å². The Kier molecular flexibility index (Phi) is 3.71. The van der Waals surface area contributed by atoms with Gasteiger partial charge in [-0.1, -0.05) is 0 Å². The molecule has 0 bridgehead atoms. The number of carbonyl (C=O) groups is 1. The quantitative estimate of drug-likeness (QED) is 0.795. The number of amides is 1. The van der Waals surface area contributed by atoms with Crippen LogP contribution in [0.5, 0.6) is 0 Å². The molecule has 1 aliphatic heterocycles. The van der Waals surface area contributed by atoms with Crippen molar-refractivity contribution in [2.75, 3.05) is 16.8 Å². The van der Waals surface area contributed by atoms with Gasteiger partial charge in [-0.2, -0.15) is 4.98 Å². The summed E-state index contributed by atoms with van der Waals surface area (Å²) in [6.07, 6.45) is 1.33. The van der Waals surface area contributed by atoms with E-state index in [1.54, 1.807) is 0 Å². The van der Waals surface area contributed by atoms with Gasteiger partial charge in [-0.15, -0.1) is 0 Å². The van der Waals surface area contributed by atoms with Crippen molar-refractivity contribution in [2.24, 2.45) is 0 Å². The summed E-state index contributed by atoms with van der Waals surface area (Å²) in [5.74, 6) is 0.726. The fourth-order valence-corrected chi connectivity index (χ4v) is 2.31. The van der Waals surface area contributed by atoms with Crippen LogP contribution in [0.1, 0.15) is 32.4 Å². The van der Waals surface area contributed by atoms with E-state index in [1.807, 2.05) is 6.92 Å². The Hall–Kier alpha value is -1.36. The monoisotopic (exact) mass is 268 g/mol. The summed E-state index contributed by atoms with van der Waals surface area (Å²) in [6, 6.07) is 0.295. The first-order chi connectivity index (χ1) is 8.49. The van der Waals surface area contributed by atoms with E-state index in [0.29, 0.717) is 23.8 Å². The molecule has 1 amide bonds. The van der Waals surface area contributed by atoms with E-state index < -0.39 is 0 Å². The van der Waals surface area contributed by atoms with Gasteiger partial charge in [0.2, 0.25) is 11.2 Å². The molecule has 0 radical (unpaired) electrons. The van der Waals surface area contributed by atoms with Crippen molar-refractivity contribution in [2.45, 2.75) is 39.7 Å². The summed E-state index contributed by atoms with van der Waals surface area (Å²) in [6.45, 7) is 6.81. The smallest absolute Gasteiger partial charge is 0.224 e. The minimum atomic E-state index is 0.00804. The number of anilines is 2. The minimum Gasteiger partial charge on any atom is -0.352 e. The van der Waals surface area contributed by atoms with E-state index in [1.165, 1.54) is 0 Å². The molecule has 0 aliphatic carbocycles. The first kappa shape index (κ1) is 13.1. The van der Waals surface area contributed by atoms with Crippen molar-refractivity contribution in [3.05, 3.63) is 11.0 Å². The van der Waals surface area contributed by atoms with Crippen molar-refractivity contribution in [3.63, 3.8) is 0 Å². The molecule has 0 spiro atoms. The molecule has 2 rings (SSSR count). The molecule has 1 aromatic rings. The van der Waals surface area contributed by atoms with Crippen molar-refractivity contribution >= 4 is 29.0 Å². The number of hydrogen-bond donors (Lipinski definition) is 1. The highest BCUT2D eigenvalue weighted by Crippen LogP contribution is 2.30. The fourth-order valence-electron chi connectivity index (χ4n) is 2.10. The fraction of sp³-hybridized carbons (Fsp3) is 0.583. The summed E-state index contributed by atoms with van der Waals surface area (Å²) < 4.78 is 0. The van der Waals surface area contributed by atoms with Crippen LogP contribution in [0, 0.1) is 6.92 Å². The van der Waals surface area contributed by atoms with Crippen molar-refractivity contribution in [1.29, 1.82) is 0 Å². The zero-order valence-corrected chi connectivity index (χ0v) is 11.6. The van der Waals surface area contributed by atoms with E-state index in [0.717, 1.165) is 18.8 Å². The third kappa shape index (κ3) is 2.56. The van der Waals surface area contributed by atoms with Gasteiger partial charge in [0.25, 0.3) is 0 Å². The van der Waals surface area contributed by atoms with E-state index in [4.69, 9.17) is 11.6 Å². The zero-order valence-electron chi connectivity index (χ0n) is 10.8. The molecule has 98 valence electrons. The lowest BCUT2D eigenvalue weighted by Crippen LogP contribution is -2.36. The lowest BCUT2D eigenvalue weighted by Gasteiger charge is -2.31. The highest BCUT2D eigenvalue weighted by molar-refractivity contribution is 6.28. The van der Waals surface area contributed by atoms with Gasteiger partial charge in [-0.3, -0.25) is 4.79 Å². The van der Waals surface area contributed by atoms with Gasteiger partial charge in [-0.25, -0.2) is 4.98 Å². The lowest BCUT2D eigenvalue weighted by atomic mass is 10.2. The van der Waals surface area contributed by atoms with E-state index in [2.05, 4.69) is 34.0 Å². The molecule has 0 saturated heterocycles. The zero-order chi connectivity index (χ0) is 13.3. The highest BCUT2D eigenvalue weighted by Gasteiger charge is 2.23. The molecular weight excluding hydrogens is 252 g/mol. The molecule has 6 heteroatoms. The SMILES string of the molecule is Cc1nc(Cl)nc2c1NC(=O)CCCN2C(C)C. The van der Waals surface area contributed by atoms with Crippen molar-refractivity contribution < 1.29 is 4.79 Å². The normalized spacial score (nSPS) is 16.1. The third-order valence-corrected chi connectivity index (χ3v) is 3.18. The second-order valence-electron chi connectivity index (χ2n) is 4.72. The summed E-state index contributed by atoms with van der Waals surface area (Å²) in [5.41, 5.74) is 1.38. The Morgan fingerprint density at radius 2 is 2.11 bits per heavy atom. The van der Waals surface area contributed by atoms with Crippen LogP contribution in [0.4, 0.5) is 11.5 Å². The number of nitrogens with one attached hydrogen (secondary N) is 1. The van der Waals surface area contributed by atoms with Gasteiger partial charge in [0.15, 0.2) is 5.82 Å². The summed E-state index contributed by atoms with van der Waals surface area (Å²) in [4.78, 5) is 22.2. The molecule has 1 N–H and O–H groups in total. The molecule has 0 saturated carbocycles. The average molecular weight is 269 g/mol. The molecule has 0 unspecified atom stereocenters. The van der Waals surface area contributed by atoms with Gasteiger partial charge in [0.05, 0.1) is 5.69 Å². The minimum absolute atomic E-state index is 0.00804. The Labute approximate surface area is 112 Å². The summed E-state index contributed by atoms with van der Waals surface area (Å²) >= 11 is 5.92. The highest BCUT2D eigenvalue weighted by atomic mass is 35.5. The Bertz CT molecular complexity index is 475. The van der Waals surface area contributed by atoms with Crippen LogP contribution >= 0.6 is 11.6 Å². The molecule has 0 fully saturated rings. The number of aryl methyl sites for hydroxylation is 1. The van der Waals surface area contributed by atoms with Crippen molar-refractivity contribution in [1.82, 2.24) is 9.97 Å². The van der Waals surface area contributed by atoms with Crippen LogP contribution in [0.2, 0.25) is 5.28 Å². The predicted molar refractivity (Wildman–Crippen MR) is 72.1 cm³/mol. The van der Waals surface area contributed by atoms with Crippen LogP contribution in [-0.4, -0.2) is 28.5 Å². The van der Waals surface area contributed by atoms with E-state index in [9.17, 15) is 4.79 Å². The molecule has 1 aromatic heterocycles. The topological polar surface area (TPSA) is 58.1 Å². The Morgan fingerprint density at radius 3 is 2.78 bits per heavy atom. The number of carbonyl (C=O) groups excluding carboxylic acids is 1. The molecule has 18 heavy (non-hydrogen) atoms. The lowest BCUT2D eigenvalue weighted by molar-refractivity contribution is -0.116. The summed E-state index contributed by atoms with van der Waals surface area (Å²) in [7, 11) is 0. The number of nitrogens with zero attached hydrogens (tertiary/aromatic N) is 3. The molecule has 0 atom stereocenters. The Balaban J connectivity index is 2.54. The standard InChI is InChI=1S/C12H17ClN4O/c1-7(2)17-6-4-5-9(18)15-10-8(3)14-12(13)16-11(10)17/h7H,4-6H2,1-3H3,(H,15,18). The van der Waals surface area contributed by atoms with Crippen molar-refractivity contribution in [3.8, 4) is 0 Å². The van der Waals surface area contributed by atoms with Gasteiger partial charge in [0, 0.05) is 19.0 Å². The average Bonchev–Trinajstić information content (AvgIpc) is 2.25. The molecular formula is C12H17ClN4O. The number of hydrogen-bond acceptors (Lipinski definition) is 4. The molecule has 5 nitrogen and oxygen atoms in total. The van der Waals surface area contributed by atoms with Crippen LogP contribution in [0.15, 0.2) is 0 Å². The molecule has 2 heterocycles. The van der Waals surface area contributed by atoms with E-state index >= 15 is 0 Å². The maximum Gasteiger partial charge on any atom is 0.224 e. The summed E-state index contributed by atoms with van der Waals surface area (Å²) in [5, 5.41) is 3.09. The third-order valence-electron chi connectivity index (χ3n) is 3.01. The van der Waals surface area contributed by atoms with Gasteiger partial charge < -0.3 is 10.2 Å². The maximum atomic E-state index is 11.7. The number of halogens is 1. The molecule has 1 aliphatic rings. The number of fused-ring (bicyclic) bond motifs is 1. The first-order valence-corrected chi connectivity index (χ1v) is 6.47. The predicted octanol–water partition coefficient (Wildman–Crippen LogP) is 2.39. The van der Waals surface area contributed by atoms with Crippen LogP contribution in [0.3, 0.4) is 0 Å². The number of aromatic nitrogens is 2.